The number of nitro benzene ring substituents is 2. The predicted molar refractivity (Wildman–Crippen MR) is 96.2 cm³/mol. The van der Waals surface area contributed by atoms with Crippen molar-refractivity contribution in [1.82, 2.24) is 0 Å². The Kier molecular flexibility index (Phi) is 7.93. The van der Waals surface area contributed by atoms with Crippen molar-refractivity contribution in [3.8, 4) is 0 Å². The van der Waals surface area contributed by atoms with Crippen LogP contribution in [0, 0.1) is 26.1 Å². The smallest absolute Gasteiger partial charge is 0.308 e. The van der Waals surface area contributed by atoms with Gasteiger partial charge >= 0.3 is 11.9 Å². The number of rotatable bonds is 8. The van der Waals surface area contributed by atoms with Gasteiger partial charge in [0.1, 0.15) is 0 Å². The number of carboxylic acids is 2. The van der Waals surface area contributed by atoms with Gasteiger partial charge in [-0.1, -0.05) is 12.2 Å². The van der Waals surface area contributed by atoms with Gasteiger partial charge < -0.3 is 10.2 Å². The summed E-state index contributed by atoms with van der Waals surface area (Å²) in [6, 6.07) is 2.88. The Morgan fingerprint density at radius 2 is 1.83 bits per heavy atom. The van der Waals surface area contributed by atoms with Gasteiger partial charge in [-0.15, -0.1) is 0 Å². The van der Waals surface area contributed by atoms with Crippen molar-refractivity contribution in [3.05, 3.63) is 68.4 Å². The van der Waals surface area contributed by atoms with E-state index in [2.05, 4.69) is 4.99 Å². The Balaban J connectivity index is 0.00000420. The number of non-ortho nitro benzene ring substituents is 1. The average Bonchev–Trinajstić information content (AvgIpc) is 2.87. The third-order valence-corrected chi connectivity index (χ3v) is 4.32. The molecule has 0 amide bonds. The quantitative estimate of drug-likeness (QED) is 0.343. The number of carbonyl (C=O) groups is 2. The molecule has 0 aromatic heterocycles. The van der Waals surface area contributed by atoms with Gasteiger partial charge in [-0.3, -0.25) is 34.8 Å². The van der Waals surface area contributed by atoms with Crippen molar-refractivity contribution >= 4 is 29.5 Å². The van der Waals surface area contributed by atoms with Crippen molar-refractivity contribution in [1.29, 1.82) is 0 Å². The van der Waals surface area contributed by atoms with Crippen LogP contribution in [0.2, 0.25) is 0 Å². The number of hydrogen-bond donors (Lipinski definition) is 2. The van der Waals surface area contributed by atoms with Gasteiger partial charge in [-0.05, 0) is 18.6 Å². The van der Waals surface area contributed by atoms with Gasteiger partial charge in [0.2, 0.25) is 0 Å². The summed E-state index contributed by atoms with van der Waals surface area (Å²) in [7, 11) is 0. The third-order valence-electron chi connectivity index (χ3n) is 4.32. The fourth-order valence-corrected chi connectivity index (χ4v) is 3.06. The maximum atomic E-state index is 12.0. The Hall–Kier alpha value is -3.37. The molecule has 0 saturated carbocycles. The summed E-state index contributed by atoms with van der Waals surface area (Å²) in [6.45, 7) is 0. The molecule has 2 N–H and O–H groups in total. The first kappa shape index (κ1) is 23.7. The van der Waals surface area contributed by atoms with Crippen LogP contribution in [0.15, 0.2) is 47.6 Å². The molecule has 0 bridgehead atoms. The minimum Gasteiger partial charge on any atom is -0.481 e. The zero-order valence-electron chi connectivity index (χ0n) is 14.6. The van der Waals surface area contributed by atoms with Gasteiger partial charge in [0.05, 0.1) is 27.2 Å². The summed E-state index contributed by atoms with van der Waals surface area (Å²) in [5, 5.41) is 41.3. The van der Waals surface area contributed by atoms with Crippen LogP contribution in [0.5, 0.6) is 0 Å². The number of hydrogen-bond acceptors (Lipinski definition) is 7. The second kappa shape index (κ2) is 9.71. The van der Waals surface area contributed by atoms with Crippen LogP contribution in [-0.4, -0.2) is 38.2 Å². The van der Waals surface area contributed by atoms with E-state index in [9.17, 15) is 34.9 Å². The van der Waals surface area contributed by atoms with Crippen LogP contribution >= 0.6 is 0 Å². The number of allylic oxidation sites excluding steroid dienone is 3. The SMILES string of the molecule is O=C(O)CCC(C(=O)O)C1(c2ccc([N+](=O)[O-])cc2[N+](=O)[O-])C=CC=CN=C1.[Cu]. The van der Waals surface area contributed by atoms with Gasteiger partial charge in [0.25, 0.3) is 11.4 Å². The summed E-state index contributed by atoms with van der Waals surface area (Å²) < 4.78 is 0. The molecule has 2 atom stereocenters. The molecule has 12 heteroatoms. The molecule has 1 aliphatic rings. The van der Waals surface area contributed by atoms with Gasteiger partial charge in [0, 0.05) is 47.5 Å². The third kappa shape index (κ3) is 5.12. The first-order chi connectivity index (χ1) is 13.2. The molecule has 0 spiro atoms. The van der Waals surface area contributed by atoms with Crippen LogP contribution in [0.4, 0.5) is 11.4 Å². The Morgan fingerprint density at radius 3 is 2.38 bits per heavy atom. The van der Waals surface area contributed by atoms with Crippen LogP contribution in [0.1, 0.15) is 18.4 Å². The molecule has 1 aromatic rings. The zero-order chi connectivity index (χ0) is 20.9. The molecule has 1 aromatic carbocycles. The van der Waals surface area contributed by atoms with Gasteiger partial charge in [-0.2, -0.15) is 0 Å². The van der Waals surface area contributed by atoms with E-state index in [1.54, 1.807) is 0 Å². The first-order valence-electron chi connectivity index (χ1n) is 7.95. The van der Waals surface area contributed by atoms with E-state index in [1.165, 1.54) is 30.6 Å². The molecule has 2 unspecified atom stereocenters. The zero-order valence-corrected chi connectivity index (χ0v) is 15.5. The molecular formula is C17H15CuN3O8. The number of nitrogens with zero attached hydrogens (tertiary/aromatic N) is 3. The van der Waals surface area contributed by atoms with Crippen molar-refractivity contribution in [2.45, 2.75) is 18.3 Å². The summed E-state index contributed by atoms with van der Waals surface area (Å²) in [6.07, 6.45) is 5.98. The standard InChI is InChI=1S/C17H15N3O8.Cu/c21-15(22)6-5-13(16(23)24)17(7-1-2-8-18-10-17)12-4-3-11(19(25)26)9-14(12)20(27)28;/h1-4,7-10,13H,5-6H2,(H,21,22)(H,23,24);. The largest absolute Gasteiger partial charge is 0.481 e. The summed E-state index contributed by atoms with van der Waals surface area (Å²) >= 11 is 0. The van der Waals surface area contributed by atoms with E-state index < -0.39 is 50.9 Å². The predicted octanol–water partition coefficient (Wildman–Crippen LogP) is 2.46. The van der Waals surface area contributed by atoms with Gasteiger partial charge in [0.15, 0.2) is 0 Å². The molecule has 1 radical (unpaired) electrons. The van der Waals surface area contributed by atoms with E-state index in [0.29, 0.717) is 0 Å². The van der Waals surface area contributed by atoms with Gasteiger partial charge in [-0.25, -0.2) is 0 Å². The first-order valence-corrected chi connectivity index (χ1v) is 7.95. The molecule has 0 saturated heterocycles. The minimum absolute atomic E-state index is 0. The van der Waals surface area contributed by atoms with E-state index in [1.807, 2.05) is 0 Å². The summed E-state index contributed by atoms with van der Waals surface area (Å²) in [5.41, 5.74) is -3.00. The Bertz CT molecular complexity index is 909. The number of aliphatic carboxylic acids is 2. The monoisotopic (exact) mass is 452 g/mol. The molecule has 0 aliphatic carbocycles. The Morgan fingerprint density at radius 1 is 1.14 bits per heavy atom. The van der Waals surface area contributed by atoms with Crippen molar-refractivity contribution in [2.24, 2.45) is 10.9 Å². The molecule has 1 aliphatic heterocycles. The number of nitro groups is 2. The average molecular weight is 453 g/mol. The van der Waals surface area contributed by atoms with E-state index in [0.717, 1.165) is 18.2 Å². The number of aliphatic imine (C=N–C) groups is 1. The van der Waals surface area contributed by atoms with E-state index >= 15 is 0 Å². The fourth-order valence-electron chi connectivity index (χ4n) is 3.06. The van der Waals surface area contributed by atoms with Crippen LogP contribution < -0.4 is 0 Å². The molecule has 157 valence electrons. The second-order valence-corrected chi connectivity index (χ2v) is 5.95. The number of carboxylic acid groups (broad SMARTS) is 2. The summed E-state index contributed by atoms with van der Waals surface area (Å²) in [4.78, 5) is 47.8. The van der Waals surface area contributed by atoms with Crippen molar-refractivity contribution in [3.63, 3.8) is 0 Å². The number of benzene rings is 1. The fraction of sp³-hybridized carbons (Fsp3) is 0.235. The maximum absolute atomic E-state index is 12.0. The molecule has 1 heterocycles. The van der Waals surface area contributed by atoms with Crippen molar-refractivity contribution in [2.75, 3.05) is 0 Å². The topological polar surface area (TPSA) is 173 Å². The maximum Gasteiger partial charge on any atom is 0.308 e. The van der Waals surface area contributed by atoms with Crippen LogP contribution in [0.3, 0.4) is 0 Å². The Labute approximate surface area is 174 Å². The molecule has 2 rings (SSSR count). The normalized spacial score (nSPS) is 18.3. The summed E-state index contributed by atoms with van der Waals surface area (Å²) in [5.74, 6) is -4.03. The second-order valence-electron chi connectivity index (χ2n) is 5.95. The van der Waals surface area contributed by atoms with Crippen LogP contribution in [0.25, 0.3) is 0 Å². The molecule has 0 fully saturated rings. The van der Waals surface area contributed by atoms with Crippen LogP contribution in [-0.2, 0) is 32.1 Å². The minimum atomic E-state index is -1.68. The van der Waals surface area contributed by atoms with E-state index in [-0.39, 0.29) is 29.1 Å². The van der Waals surface area contributed by atoms with Crippen molar-refractivity contribution < 1.29 is 46.7 Å². The molecular weight excluding hydrogens is 438 g/mol. The van der Waals surface area contributed by atoms with E-state index in [4.69, 9.17) is 5.11 Å². The molecule has 11 nitrogen and oxygen atoms in total. The molecule has 29 heavy (non-hydrogen) atoms.